The molecule has 10 nitrogen and oxygen atoms in total. The summed E-state index contributed by atoms with van der Waals surface area (Å²) in [6, 6.07) is 14.2. The molecule has 0 atom stereocenters. The number of rotatable bonds is 9. The molecular weight excluding hydrogens is 584 g/mol. The molecule has 0 spiro atoms. The van der Waals surface area contributed by atoms with Crippen molar-refractivity contribution in [1.82, 2.24) is 15.5 Å². The minimum Gasteiger partial charge on any atom is -0.466 e. The smallest absolute Gasteiger partial charge is 0.337 e. The van der Waals surface area contributed by atoms with Crippen LogP contribution in [0.2, 0.25) is 0 Å². The molecule has 0 radical (unpaired) electrons. The molecule has 2 aliphatic rings. The van der Waals surface area contributed by atoms with Crippen LogP contribution in [0.15, 0.2) is 59.8 Å². The van der Waals surface area contributed by atoms with Crippen LogP contribution in [0.1, 0.15) is 31.2 Å². The fourth-order valence-electron chi connectivity index (χ4n) is 5.53. The van der Waals surface area contributed by atoms with Gasteiger partial charge in [0.1, 0.15) is 0 Å². The van der Waals surface area contributed by atoms with Gasteiger partial charge in [0.25, 0.3) is 0 Å². The summed E-state index contributed by atoms with van der Waals surface area (Å²) in [6.45, 7) is -0.0827. The van der Waals surface area contributed by atoms with Crippen molar-refractivity contribution in [3.05, 3.63) is 77.0 Å². The maximum atomic E-state index is 14.2. The number of esters is 1. The molecule has 1 saturated carbocycles. The second kappa shape index (κ2) is 14.8. The lowest BCUT2D eigenvalue weighted by Crippen LogP contribution is -2.54. The molecule has 1 fully saturated rings. The van der Waals surface area contributed by atoms with Gasteiger partial charge < -0.3 is 25.0 Å². The Hall–Kier alpha value is -4.21. The maximum absolute atomic E-state index is 14.2. The molecule has 0 unspecified atom stereocenters. The highest BCUT2D eigenvalue weighted by atomic mass is 35.5. The quantitative estimate of drug-likeness (QED) is 0.400. The Labute approximate surface area is 255 Å². The number of benzene rings is 2. The van der Waals surface area contributed by atoms with Gasteiger partial charge in [0.05, 0.1) is 43.0 Å². The molecule has 230 valence electrons. The van der Waals surface area contributed by atoms with Gasteiger partial charge in [-0.3, -0.25) is 0 Å². The number of hydrogen-bond acceptors (Lipinski definition) is 7. The summed E-state index contributed by atoms with van der Waals surface area (Å²) < 4.78 is 37.8. The molecule has 43 heavy (non-hydrogen) atoms. The van der Waals surface area contributed by atoms with Crippen LogP contribution in [0.4, 0.5) is 24.1 Å². The lowest BCUT2D eigenvalue weighted by atomic mass is 9.69. The normalized spacial score (nSPS) is 19.9. The number of halogens is 3. The van der Waals surface area contributed by atoms with E-state index in [1.807, 2.05) is 35.2 Å². The number of carbonyl (C=O) groups excluding carboxylic acids is 3. The first-order valence-corrected chi connectivity index (χ1v) is 13.6. The van der Waals surface area contributed by atoms with Gasteiger partial charge in [0.15, 0.2) is 11.6 Å². The van der Waals surface area contributed by atoms with Gasteiger partial charge in [-0.05, 0) is 43.4 Å². The highest BCUT2D eigenvalue weighted by Crippen LogP contribution is 2.41. The van der Waals surface area contributed by atoms with Gasteiger partial charge in [0, 0.05) is 38.0 Å². The molecule has 4 rings (SSSR count). The van der Waals surface area contributed by atoms with E-state index < -0.39 is 35.1 Å². The third-order valence-electron chi connectivity index (χ3n) is 7.80. The first kappa shape index (κ1) is 33.3. The third-order valence-corrected chi connectivity index (χ3v) is 7.80. The minimum atomic E-state index is -0.994. The van der Waals surface area contributed by atoms with Crippen LogP contribution in [0.25, 0.3) is 0 Å². The van der Waals surface area contributed by atoms with Crippen LogP contribution in [0, 0.1) is 23.0 Å². The van der Waals surface area contributed by atoms with Gasteiger partial charge in [0.2, 0.25) is 0 Å². The first-order chi connectivity index (χ1) is 20.2. The Morgan fingerprint density at radius 2 is 1.84 bits per heavy atom. The molecule has 13 heteroatoms. The number of urea groups is 2. The van der Waals surface area contributed by atoms with Crippen molar-refractivity contribution < 1.29 is 32.6 Å². The van der Waals surface area contributed by atoms with E-state index in [4.69, 9.17) is 9.47 Å². The zero-order valence-corrected chi connectivity index (χ0v) is 24.7. The number of nitrogens with one attached hydrogen (secondary N) is 2. The van der Waals surface area contributed by atoms with E-state index in [0.717, 1.165) is 22.6 Å². The van der Waals surface area contributed by atoms with E-state index in [1.165, 1.54) is 20.3 Å². The average molecular weight is 618 g/mol. The summed E-state index contributed by atoms with van der Waals surface area (Å²) in [7, 11) is 2.60. The zero-order chi connectivity index (χ0) is 30.3. The van der Waals surface area contributed by atoms with Crippen LogP contribution in [-0.4, -0.2) is 69.4 Å². The summed E-state index contributed by atoms with van der Waals surface area (Å²) in [5.41, 5.74) is 1.04. The topological polar surface area (TPSA) is 124 Å². The average Bonchev–Trinajstić information content (AvgIpc) is 3.01. The molecule has 1 aliphatic heterocycles. The van der Waals surface area contributed by atoms with Gasteiger partial charge in [-0.1, -0.05) is 30.3 Å². The van der Waals surface area contributed by atoms with Crippen LogP contribution in [0.5, 0.6) is 0 Å². The monoisotopic (exact) mass is 617 g/mol. The molecule has 0 aromatic heterocycles. The van der Waals surface area contributed by atoms with E-state index >= 15 is 0 Å². The van der Waals surface area contributed by atoms with E-state index in [-0.39, 0.29) is 56.0 Å². The first-order valence-electron chi connectivity index (χ1n) is 13.6. The Morgan fingerprint density at radius 1 is 1.14 bits per heavy atom. The molecule has 4 amide bonds. The maximum Gasteiger partial charge on any atom is 0.337 e. The summed E-state index contributed by atoms with van der Waals surface area (Å²) in [5, 5.41) is 15.3. The number of carbonyl (C=O) groups is 3. The van der Waals surface area contributed by atoms with Crippen LogP contribution >= 0.6 is 12.4 Å². The highest BCUT2D eigenvalue weighted by Gasteiger charge is 2.39. The predicted molar refractivity (Wildman–Crippen MR) is 156 cm³/mol. The highest BCUT2D eigenvalue weighted by molar-refractivity contribution is 6.00. The molecule has 2 aromatic rings. The lowest BCUT2D eigenvalue weighted by Gasteiger charge is -2.41. The number of nitrogens with zero attached hydrogens (tertiary/aromatic N) is 3. The Bertz CT molecular complexity index is 1390. The fourth-order valence-corrected chi connectivity index (χ4v) is 5.53. The third kappa shape index (κ3) is 7.42. The molecule has 0 bridgehead atoms. The van der Waals surface area contributed by atoms with Crippen molar-refractivity contribution in [2.75, 3.05) is 45.4 Å². The van der Waals surface area contributed by atoms with Crippen molar-refractivity contribution in [2.45, 2.75) is 37.1 Å². The van der Waals surface area contributed by atoms with Crippen LogP contribution in [0.3, 0.4) is 0 Å². The molecule has 2 N–H and O–H groups in total. The van der Waals surface area contributed by atoms with Gasteiger partial charge in [-0.15, -0.1) is 12.4 Å². The minimum absolute atomic E-state index is 0. The van der Waals surface area contributed by atoms with Crippen molar-refractivity contribution in [3.8, 4) is 6.07 Å². The second-order valence-electron chi connectivity index (χ2n) is 10.2. The second-order valence-corrected chi connectivity index (χ2v) is 10.2. The number of methoxy groups -OCH3 is 2. The largest absolute Gasteiger partial charge is 0.466 e. The molecule has 1 aliphatic carbocycles. The summed E-state index contributed by atoms with van der Waals surface area (Å²) >= 11 is 0. The molecular formula is C30H34ClF2N5O5. The number of ether oxygens (including phenoxy) is 2. The fraction of sp³-hybridized carbons (Fsp3) is 0.400. The Kier molecular flexibility index (Phi) is 11.5. The number of anilines is 1. The van der Waals surface area contributed by atoms with Gasteiger partial charge >= 0.3 is 18.0 Å². The van der Waals surface area contributed by atoms with Crippen molar-refractivity contribution in [3.63, 3.8) is 0 Å². The Morgan fingerprint density at radius 3 is 2.44 bits per heavy atom. The molecule has 1 heterocycles. The zero-order valence-electron chi connectivity index (χ0n) is 23.9. The van der Waals surface area contributed by atoms with E-state index in [2.05, 4.69) is 16.7 Å². The van der Waals surface area contributed by atoms with Crippen molar-refractivity contribution in [2.24, 2.45) is 0 Å². The summed E-state index contributed by atoms with van der Waals surface area (Å²) in [6.07, 6.45) is 2.37. The van der Waals surface area contributed by atoms with Crippen molar-refractivity contribution in [1.29, 1.82) is 5.26 Å². The van der Waals surface area contributed by atoms with Gasteiger partial charge in [-0.2, -0.15) is 5.26 Å². The summed E-state index contributed by atoms with van der Waals surface area (Å²) in [4.78, 5) is 40.6. The number of imide groups is 1. The summed E-state index contributed by atoms with van der Waals surface area (Å²) in [5.74, 6) is -2.67. The Balaban J connectivity index is 0.00000506. The number of amides is 4. The molecule has 2 aromatic carbocycles. The van der Waals surface area contributed by atoms with E-state index in [1.54, 1.807) is 0 Å². The van der Waals surface area contributed by atoms with Crippen LogP contribution < -0.4 is 15.5 Å². The predicted octanol–water partition coefficient (Wildman–Crippen LogP) is 4.41. The lowest BCUT2D eigenvalue weighted by molar-refractivity contribution is -0.136. The SMILES string of the molecule is COCC1=C(C(=O)OC)CN(C(=O)NCCN(c2ccc(F)c(F)c2)C2CCC(C#N)(c3ccccc3)CC2)C(=O)N1.Cl. The number of hydrogen-bond donors (Lipinski definition) is 2. The van der Waals surface area contributed by atoms with Crippen LogP contribution in [-0.2, 0) is 19.7 Å². The standard InChI is InChI=1S/C30H33F2N5O5.ClH/c1-41-18-26-23(27(38)42-2)17-37(29(40)35-26)28(39)34-14-15-36(22-8-9-24(31)25(32)16-22)21-10-12-30(19-33,13-11-21)20-6-4-3-5-7-20;/h3-9,16,21H,10-15,17-18H2,1-2H3,(H,34,39)(H,35,40);1H. The molecule has 0 saturated heterocycles. The van der Waals surface area contributed by atoms with E-state index in [0.29, 0.717) is 31.4 Å². The van der Waals surface area contributed by atoms with Crippen molar-refractivity contribution >= 4 is 36.1 Å². The van der Waals surface area contributed by atoms with E-state index in [9.17, 15) is 28.4 Å². The number of nitriles is 1. The van der Waals surface area contributed by atoms with Gasteiger partial charge in [-0.25, -0.2) is 28.1 Å².